The Labute approximate surface area is 159 Å². The van der Waals surface area contributed by atoms with Gasteiger partial charge in [-0.3, -0.25) is 9.59 Å². The zero-order chi connectivity index (χ0) is 18.8. The summed E-state index contributed by atoms with van der Waals surface area (Å²) in [5.41, 5.74) is 1.14. The Morgan fingerprint density at radius 3 is 2.62 bits per heavy atom. The van der Waals surface area contributed by atoms with Gasteiger partial charge in [-0.25, -0.2) is 4.98 Å². The maximum atomic E-state index is 12.6. The van der Waals surface area contributed by atoms with Gasteiger partial charge in [0.15, 0.2) is 5.13 Å². The second-order valence-corrected chi connectivity index (χ2v) is 7.57. The minimum absolute atomic E-state index is 0.0235. The van der Waals surface area contributed by atoms with Crippen molar-refractivity contribution in [1.82, 2.24) is 9.88 Å². The lowest BCUT2D eigenvalue weighted by molar-refractivity contribution is -0.134. The zero-order valence-corrected chi connectivity index (χ0v) is 16.3. The van der Waals surface area contributed by atoms with E-state index in [0.29, 0.717) is 24.5 Å². The highest BCUT2D eigenvalue weighted by molar-refractivity contribution is 7.15. The van der Waals surface area contributed by atoms with E-state index in [9.17, 15) is 9.59 Å². The number of aromatic nitrogens is 1. The fraction of sp³-hybridized carbons (Fsp3) is 0.450. The van der Waals surface area contributed by atoms with Crippen molar-refractivity contribution >= 4 is 28.3 Å². The molecule has 0 atom stereocenters. The van der Waals surface area contributed by atoms with E-state index in [1.807, 2.05) is 37.3 Å². The Kier molecular flexibility index (Phi) is 8.28. The summed E-state index contributed by atoms with van der Waals surface area (Å²) >= 11 is 1.43. The Bertz CT molecular complexity index is 700. The van der Waals surface area contributed by atoms with E-state index >= 15 is 0 Å². The van der Waals surface area contributed by atoms with Crippen LogP contribution in [0.15, 0.2) is 36.5 Å². The molecule has 1 N–H and O–H groups in total. The molecule has 0 aliphatic carbocycles. The van der Waals surface area contributed by atoms with Gasteiger partial charge in [0.1, 0.15) is 0 Å². The summed E-state index contributed by atoms with van der Waals surface area (Å²) in [5.74, 6) is -0.167. The molecule has 0 spiro atoms. The standard InChI is InChI=1S/C20H27N3O2S/c1-3-4-8-13-23(15-18(24)22-20-21-14-16(2)26-20)19(25)12-11-17-9-6-5-7-10-17/h5-7,9-10,14H,3-4,8,11-13,15H2,1-2H3,(H,21,22,24). The molecular weight excluding hydrogens is 346 g/mol. The van der Waals surface area contributed by atoms with Gasteiger partial charge in [-0.05, 0) is 25.3 Å². The summed E-state index contributed by atoms with van der Waals surface area (Å²) in [6.45, 7) is 4.76. The minimum atomic E-state index is -0.191. The van der Waals surface area contributed by atoms with Crippen LogP contribution in [-0.2, 0) is 16.0 Å². The average Bonchev–Trinajstić information content (AvgIpc) is 3.04. The molecular formula is C20H27N3O2S. The van der Waals surface area contributed by atoms with Crippen molar-refractivity contribution in [2.24, 2.45) is 0 Å². The number of rotatable bonds is 10. The summed E-state index contributed by atoms with van der Waals surface area (Å²) in [5, 5.41) is 3.37. The molecule has 0 saturated carbocycles. The molecule has 0 aliphatic heterocycles. The van der Waals surface area contributed by atoms with Crippen LogP contribution in [0, 0.1) is 6.92 Å². The number of thiazole rings is 1. The highest BCUT2D eigenvalue weighted by atomic mass is 32.1. The molecule has 5 nitrogen and oxygen atoms in total. The third-order valence-electron chi connectivity index (χ3n) is 4.06. The van der Waals surface area contributed by atoms with Crippen LogP contribution in [0.3, 0.4) is 0 Å². The van der Waals surface area contributed by atoms with Gasteiger partial charge < -0.3 is 10.2 Å². The van der Waals surface area contributed by atoms with Crippen molar-refractivity contribution in [2.45, 2.75) is 46.0 Å². The van der Waals surface area contributed by atoms with Crippen molar-refractivity contribution in [3.8, 4) is 0 Å². The van der Waals surface area contributed by atoms with Crippen molar-refractivity contribution in [2.75, 3.05) is 18.4 Å². The van der Waals surface area contributed by atoms with E-state index in [2.05, 4.69) is 17.2 Å². The third kappa shape index (κ3) is 6.96. The summed E-state index contributed by atoms with van der Waals surface area (Å²) in [6.07, 6.45) is 5.88. The molecule has 6 heteroatoms. The number of nitrogens with zero attached hydrogens (tertiary/aromatic N) is 2. The van der Waals surface area contributed by atoms with Crippen LogP contribution >= 0.6 is 11.3 Å². The summed E-state index contributed by atoms with van der Waals surface area (Å²) in [7, 11) is 0. The lowest BCUT2D eigenvalue weighted by Crippen LogP contribution is -2.38. The van der Waals surface area contributed by atoms with E-state index in [1.165, 1.54) is 11.3 Å². The number of carbonyl (C=O) groups is 2. The van der Waals surface area contributed by atoms with Crippen molar-refractivity contribution < 1.29 is 9.59 Å². The molecule has 2 rings (SSSR count). The molecule has 0 fully saturated rings. The molecule has 2 aromatic rings. The third-order valence-corrected chi connectivity index (χ3v) is 4.88. The van der Waals surface area contributed by atoms with Gasteiger partial charge in [-0.15, -0.1) is 11.3 Å². The van der Waals surface area contributed by atoms with E-state index in [0.717, 1.165) is 29.7 Å². The highest BCUT2D eigenvalue weighted by Crippen LogP contribution is 2.16. The monoisotopic (exact) mass is 373 g/mol. The number of hydrogen-bond acceptors (Lipinski definition) is 4. The van der Waals surface area contributed by atoms with E-state index in [4.69, 9.17) is 0 Å². The number of anilines is 1. The predicted octanol–water partition coefficient (Wildman–Crippen LogP) is 4.04. The smallest absolute Gasteiger partial charge is 0.245 e. The van der Waals surface area contributed by atoms with Crippen molar-refractivity contribution in [1.29, 1.82) is 0 Å². The quantitative estimate of drug-likeness (QED) is 0.639. The van der Waals surface area contributed by atoms with Gasteiger partial charge in [0.05, 0.1) is 6.54 Å². The minimum Gasteiger partial charge on any atom is -0.333 e. The maximum absolute atomic E-state index is 12.6. The number of unbranched alkanes of at least 4 members (excludes halogenated alkanes) is 2. The fourth-order valence-electron chi connectivity index (χ4n) is 2.64. The number of amides is 2. The van der Waals surface area contributed by atoms with Crippen LogP contribution in [0.25, 0.3) is 0 Å². The highest BCUT2D eigenvalue weighted by Gasteiger charge is 2.17. The normalized spacial score (nSPS) is 10.5. The van der Waals surface area contributed by atoms with Gasteiger partial charge in [0, 0.05) is 24.0 Å². The summed E-state index contributed by atoms with van der Waals surface area (Å²) in [4.78, 5) is 31.8. The molecule has 26 heavy (non-hydrogen) atoms. The van der Waals surface area contributed by atoms with Crippen LogP contribution in [0.1, 0.15) is 43.0 Å². The van der Waals surface area contributed by atoms with E-state index < -0.39 is 0 Å². The lowest BCUT2D eigenvalue weighted by Gasteiger charge is -2.22. The fourth-order valence-corrected chi connectivity index (χ4v) is 3.32. The molecule has 1 heterocycles. The second-order valence-electron chi connectivity index (χ2n) is 6.33. The topological polar surface area (TPSA) is 62.3 Å². The first-order chi connectivity index (χ1) is 12.6. The van der Waals surface area contributed by atoms with Gasteiger partial charge >= 0.3 is 0 Å². The molecule has 1 aromatic heterocycles. The first-order valence-electron chi connectivity index (χ1n) is 9.12. The number of benzene rings is 1. The predicted molar refractivity (Wildman–Crippen MR) is 106 cm³/mol. The van der Waals surface area contributed by atoms with Crippen LogP contribution in [-0.4, -0.2) is 34.8 Å². The van der Waals surface area contributed by atoms with Gasteiger partial charge in [-0.2, -0.15) is 0 Å². The van der Waals surface area contributed by atoms with Gasteiger partial charge in [-0.1, -0.05) is 50.1 Å². The molecule has 0 saturated heterocycles. The first-order valence-corrected chi connectivity index (χ1v) is 9.94. The second kappa shape index (κ2) is 10.7. The molecule has 0 bridgehead atoms. The van der Waals surface area contributed by atoms with Crippen LogP contribution < -0.4 is 5.32 Å². The van der Waals surface area contributed by atoms with E-state index in [1.54, 1.807) is 11.1 Å². The van der Waals surface area contributed by atoms with Crippen molar-refractivity contribution in [3.63, 3.8) is 0 Å². The average molecular weight is 374 g/mol. The molecule has 2 amide bonds. The first kappa shape index (κ1) is 20.1. The molecule has 1 aromatic carbocycles. The molecule has 0 aliphatic rings. The van der Waals surface area contributed by atoms with Crippen LogP contribution in [0.5, 0.6) is 0 Å². The lowest BCUT2D eigenvalue weighted by atomic mass is 10.1. The summed E-state index contributed by atoms with van der Waals surface area (Å²) < 4.78 is 0. The molecule has 140 valence electrons. The Hall–Kier alpha value is -2.21. The van der Waals surface area contributed by atoms with Gasteiger partial charge in [0.2, 0.25) is 11.8 Å². The number of carbonyl (C=O) groups excluding carboxylic acids is 2. The number of nitrogens with one attached hydrogen (secondary N) is 1. The Balaban J connectivity index is 1.90. The summed E-state index contributed by atoms with van der Waals surface area (Å²) in [6, 6.07) is 9.95. The number of hydrogen-bond donors (Lipinski definition) is 1. The van der Waals surface area contributed by atoms with Crippen molar-refractivity contribution in [3.05, 3.63) is 47.0 Å². The largest absolute Gasteiger partial charge is 0.333 e. The van der Waals surface area contributed by atoms with E-state index in [-0.39, 0.29) is 18.4 Å². The molecule has 0 radical (unpaired) electrons. The van der Waals surface area contributed by atoms with Crippen LogP contribution in [0.4, 0.5) is 5.13 Å². The van der Waals surface area contributed by atoms with Gasteiger partial charge in [0.25, 0.3) is 0 Å². The Morgan fingerprint density at radius 2 is 1.96 bits per heavy atom. The SMILES string of the molecule is CCCCCN(CC(=O)Nc1ncc(C)s1)C(=O)CCc1ccccc1. The number of aryl methyl sites for hydroxylation is 2. The molecule has 0 unspecified atom stereocenters. The zero-order valence-electron chi connectivity index (χ0n) is 15.5. The van der Waals surface area contributed by atoms with Crippen LogP contribution in [0.2, 0.25) is 0 Å². The Morgan fingerprint density at radius 1 is 1.19 bits per heavy atom. The maximum Gasteiger partial charge on any atom is 0.245 e.